The zero-order valence-electron chi connectivity index (χ0n) is 9.78. The molecular formula is C13H10F2N2OS. The normalized spacial score (nSPS) is 11.2. The minimum absolute atomic E-state index is 0.0761. The number of benzene rings is 1. The molecule has 0 aliphatic heterocycles. The number of halogens is 2. The van der Waals surface area contributed by atoms with E-state index in [9.17, 15) is 13.9 Å². The standard InChI is InChI=1S/C13H10F2N2OS/c1-2-3-12(18)9(7-16)13(19)17-8-4-5-10(14)11(15)6-8/h2,4-6,18H,1,3H2,(H,17,19). The Balaban J connectivity index is 2.95. The summed E-state index contributed by atoms with van der Waals surface area (Å²) in [5.74, 6) is -2.26. The van der Waals surface area contributed by atoms with E-state index in [4.69, 9.17) is 17.5 Å². The van der Waals surface area contributed by atoms with Crippen molar-refractivity contribution in [3.05, 3.63) is 53.8 Å². The molecular weight excluding hydrogens is 270 g/mol. The van der Waals surface area contributed by atoms with Gasteiger partial charge in [-0.2, -0.15) is 5.26 Å². The molecule has 19 heavy (non-hydrogen) atoms. The largest absolute Gasteiger partial charge is 0.510 e. The van der Waals surface area contributed by atoms with Gasteiger partial charge in [-0.25, -0.2) is 8.78 Å². The molecule has 0 aromatic heterocycles. The van der Waals surface area contributed by atoms with Crippen LogP contribution in [0.5, 0.6) is 0 Å². The van der Waals surface area contributed by atoms with Crippen LogP contribution in [0.3, 0.4) is 0 Å². The zero-order valence-corrected chi connectivity index (χ0v) is 10.6. The fourth-order valence-corrected chi connectivity index (χ4v) is 1.53. The Kier molecular flexibility index (Phi) is 5.15. The number of nitrogens with zero attached hydrogens (tertiary/aromatic N) is 1. The van der Waals surface area contributed by atoms with Gasteiger partial charge >= 0.3 is 0 Å². The second-order valence-corrected chi connectivity index (χ2v) is 3.92. The maximum absolute atomic E-state index is 13.0. The van der Waals surface area contributed by atoms with Crippen LogP contribution in [-0.4, -0.2) is 10.1 Å². The van der Waals surface area contributed by atoms with E-state index in [1.807, 2.05) is 0 Å². The number of allylic oxidation sites excluding steroid dienone is 1. The molecule has 3 nitrogen and oxygen atoms in total. The Labute approximate surface area is 114 Å². The van der Waals surface area contributed by atoms with Crippen molar-refractivity contribution < 1.29 is 13.9 Å². The molecule has 0 aliphatic carbocycles. The van der Waals surface area contributed by atoms with Gasteiger partial charge in [0.2, 0.25) is 0 Å². The smallest absolute Gasteiger partial charge is 0.160 e. The summed E-state index contributed by atoms with van der Waals surface area (Å²) >= 11 is 4.92. The highest BCUT2D eigenvalue weighted by molar-refractivity contribution is 7.81. The van der Waals surface area contributed by atoms with Crippen LogP contribution in [0.1, 0.15) is 6.42 Å². The van der Waals surface area contributed by atoms with Crippen LogP contribution >= 0.6 is 12.2 Å². The van der Waals surface area contributed by atoms with E-state index < -0.39 is 11.6 Å². The van der Waals surface area contributed by atoms with Gasteiger partial charge in [-0.1, -0.05) is 18.3 Å². The Bertz CT molecular complexity index is 591. The van der Waals surface area contributed by atoms with Crippen molar-refractivity contribution >= 4 is 22.9 Å². The second-order valence-electron chi connectivity index (χ2n) is 3.51. The average Bonchev–Trinajstić information content (AvgIpc) is 2.35. The first-order valence-electron chi connectivity index (χ1n) is 5.19. The van der Waals surface area contributed by atoms with Crippen LogP contribution in [-0.2, 0) is 0 Å². The number of thiocarbonyl (C=S) groups is 1. The number of nitriles is 1. The number of rotatable bonds is 4. The first-order valence-corrected chi connectivity index (χ1v) is 5.60. The topological polar surface area (TPSA) is 56.0 Å². The van der Waals surface area contributed by atoms with Gasteiger partial charge in [0.25, 0.3) is 0 Å². The van der Waals surface area contributed by atoms with Crippen LogP contribution in [0.25, 0.3) is 0 Å². The monoisotopic (exact) mass is 280 g/mol. The summed E-state index contributed by atoms with van der Waals surface area (Å²) in [4.78, 5) is -0.0761. The van der Waals surface area contributed by atoms with Crippen molar-refractivity contribution in [2.75, 3.05) is 5.32 Å². The quantitative estimate of drug-likeness (QED) is 0.291. The molecule has 98 valence electrons. The molecule has 0 aliphatic rings. The number of hydrogen-bond donors (Lipinski definition) is 2. The van der Waals surface area contributed by atoms with Gasteiger partial charge in [-0.15, -0.1) is 6.58 Å². The minimum atomic E-state index is -1.04. The first kappa shape index (κ1) is 14.8. The third kappa shape index (κ3) is 3.86. The molecule has 0 spiro atoms. The van der Waals surface area contributed by atoms with Crippen LogP contribution in [0, 0.1) is 23.0 Å². The molecule has 1 aromatic carbocycles. The van der Waals surface area contributed by atoms with E-state index in [1.54, 1.807) is 6.07 Å². The van der Waals surface area contributed by atoms with Gasteiger partial charge in [-0.3, -0.25) is 0 Å². The highest BCUT2D eigenvalue weighted by Gasteiger charge is 2.11. The lowest BCUT2D eigenvalue weighted by Gasteiger charge is -2.08. The lowest BCUT2D eigenvalue weighted by molar-refractivity contribution is 0.399. The average molecular weight is 280 g/mol. The maximum atomic E-state index is 13.0. The van der Waals surface area contributed by atoms with Crippen LogP contribution in [0.4, 0.5) is 14.5 Å². The third-order valence-corrected chi connectivity index (χ3v) is 2.45. The van der Waals surface area contributed by atoms with Crippen molar-refractivity contribution in [3.63, 3.8) is 0 Å². The van der Waals surface area contributed by atoms with Gasteiger partial charge in [-0.05, 0) is 12.1 Å². The maximum Gasteiger partial charge on any atom is 0.160 e. The van der Waals surface area contributed by atoms with Crippen molar-refractivity contribution in [2.24, 2.45) is 0 Å². The number of nitrogens with one attached hydrogen (secondary N) is 1. The van der Waals surface area contributed by atoms with Gasteiger partial charge < -0.3 is 10.4 Å². The molecule has 2 N–H and O–H groups in total. The number of aliphatic hydroxyl groups excluding tert-OH is 1. The fraction of sp³-hybridized carbons (Fsp3) is 0.0769. The summed E-state index contributed by atoms with van der Waals surface area (Å²) in [7, 11) is 0. The lowest BCUT2D eigenvalue weighted by atomic mass is 10.2. The van der Waals surface area contributed by atoms with E-state index in [-0.39, 0.29) is 28.4 Å². The Morgan fingerprint density at radius 1 is 1.47 bits per heavy atom. The zero-order chi connectivity index (χ0) is 14.4. The molecule has 0 saturated heterocycles. The summed E-state index contributed by atoms with van der Waals surface area (Å²) in [6.45, 7) is 3.42. The van der Waals surface area contributed by atoms with Crippen molar-refractivity contribution in [3.8, 4) is 6.07 Å². The second kappa shape index (κ2) is 6.61. The molecule has 6 heteroatoms. The SMILES string of the molecule is C=CCC(O)=C(C#N)C(=S)Nc1ccc(F)c(F)c1. The molecule has 0 radical (unpaired) electrons. The van der Waals surface area contributed by atoms with E-state index in [0.29, 0.717) is 0 Å². The summed E-state index contributed by atoms with van der Waals surface area (Å²) in [6, 6.07) is 4.85. The van der Waals surface area contributed by atoms with Crippen LogP contribution in [0.2, 0.25) is 0 Å². The molecule has 1 rings (SSSR count). The lowest BCUT2D eigenvalue weighted by Crippen LogP contribution is -2.13. The Morgan fingerprint density at radius 2 is 2.16 bits per heavy atom. The number of hydrogen-bond acceptors (Lipinski definition) is 3. The molecule has 0 atom stereocenters. The summed E-state index contributed by atoms with van der Waals surface area (Å²) in [5.41, 5.74) is 0.0442. The number of anilines is 1. The van der Waals surface area contributed by atoms with Gasteiger partial charge in [0.15, 0.2) is 11.6 Å². The van der Waals surface area contributed by atoms with E-state index in [0.717, 1.165) is 12.1 Å². The van der Waals surface area contributed by atoms with Crippen molar-refractivity contribution in [1.29, 1.82) is 5.26 Å². The van der Waals surface area contributed by atoms with E-state index in [1.165, 1.54) is 12.1 Å². The van der Waals surface area contributed by atoms with Gasteiger partial charge in [0.05, 0.1) is 0 Å². The Hall–Kier alpha value is -2.26. The Morgan fingerprint density at radius 3 is 2.68 bits per heavy atom. The minimum Gasteiger partial charge on any atom is -0.510 e. The molecule has 0 amide bonds. The molecule has 0 unspecified atom stereocenters. The summed E-state index contributed by atoms with van der Waals surface area (Å²) in [5, 5.41) is 21.0. The fourth-order valence-electron chi connectivity index (χ4n) is 1.25. The predicted molar refractivity (Wildman–Crippen MR) is 72.7 cm³/mol. The first-order chi connectivity index (χ1) is 8.99. The number of aliphatic hydroxyl groups is 1. The summed E-state index contributed by atoms with van der Waals surface area (Å²) in [6.07, 6.45) is 1.50. The molecule has 0 saturated carbocycles. The van der Waals surface area contributed by atoms with Crippen molar-refractivity contribution in [1.82, 2.24) is 0 Å². The van der Waals surface area contributed by atoms with Crippen molar-refractivity contribution in [2.45, 2.75) is 6.42 Å². The third-order valence-electron chi connectivity index (χ3n) is 2.14. The molecule has 0 fully saturated rings. The van der Waals surface area contributed by atoms with E-state index in [2.05, 4.69) is 11.9 Å². The molecule has 1 aromatic rings. The molecule has 0 heterocycles. The highest BCUT2D eigenvalue weighted by atomic mass is 32.1. The van der Waals surface area contributed by atoms with E-state index >= 15 is 0 Å². The highest BCUT2D eigenvalue weighted by Crippen LogP contribution is 2.16. The van der Waals surface area contributed by atoms with Crippen LogP contribution in [0.15, 0.2) is 42.2 Å². The summed E-state index contributed by atoms with van der Waals surface area (Å²) < 4.78 is 25.7. The predicted octanol–water partition coefficient (Wildman–Crippen LogP) is 3.62. The van der Waals surface area contributed by atoms with Gasteiger partial charge in [0, 0.05) is 18.2 Å². The van der Waals surface area contributed by atoms with Crippen LogP contribution < -0.4 is 5.32 Å². The van der Waals surface area contributed by atoms with Gasteiger partial charge in [0.1, 0.15) is 22.4 Å². The molecule has 0 bridgehead atoms.